The van der Waals surface area contributed by atoms with Gasteiger partial charge in [-0.3, -0.25) is 4.79 Å². The summed E-state index contributed by atoms with van der Waals surface area (Å²) in [6.07, 6.45) is 12.0. The molecule has 1 aromatic heterocycles. The summed E-state index contributed by atoms with van der Waals surface area (Å²) in [4.78, 5) is 15.2. The molecule has 1 heterocycles. The molecule has 4 nitrogen and oxygen atoms in total. The summed E-state index contributed by atoms with van der Waals surface area (Å²) in [7, 11) is 0. The molecule has 0 spiro atoms. The van der Waals surface area contributed by atoms with E-state index in [1.165, 1.54) is 51.4 Å². The Kier molecular flexibility index (Phi) is 10.6. The van der Waals surface area contributed by atoms with Crippen molar-refractivity contribution in [2.24, 2.45) is 46.3 Å². The van der Waals surface area contributed by atoms with Crippen molar-refractivity contribution in [1.29, 1.82) is 0 Å². The molecule has 0 aliphatic heterocycles. The van der Waals surface area contributed by atoms with Crippen molar-refractivity contribution >= 4 is 16.8 Å². The van der Waals surface area contributed by atoms with Crippen LogP contribution in [0.25, 0.3) is 11.0 Å². The second-order valence-corrected chi connectivity index (χ2v) is 12.4. The number of carbonyl (C=O) groups is 1. The van der Waals surface area contributed by atoms with Crippen LogP contribution < -0.4 is 0 Å². The normalized spacial score (nSPS) is 37.1. The zero-order valence-corrected chi connectivity index (χ0v) is 26.1. The van der Waals surface area contributed by atoms with E-state index in [0.29, 0.717) is 17.7 Å². The number of aromatic nitrogens is 3. The molecule has 4 fully saturated rings. The van der Waals surface area contributed by atoms with E-state index < -0.39 is 0 Å². The summed E-state index contributed by atoms with van der Waals surface area (Å²) < 4.78 is 0. The number of ketones is 1. The summed E-state index contributed by atoms with van der Waals surface area (Å²) in [5.74, 6) is 4.86. The molecule has 6 rings (SSSR count). The largest absolute Gasteiger partial charge is 0.297 e. The first-order chi connectivity index (χ1) is 18.4. The molecule has 0 radical (unpaired) electrons. The van der Waals surface area contributed by atoms with Gasteiger partial charge in [0.15, 0.2) is 5.78 Å². The summed E-state index contributed by atoms with van der Waals surface area (Å²) in [5, 5.41) is 9.12. The molecule has 38 heavy (non-hydrogen) atoms. The van der Waals surface area contributed by atoms with E-state index in [2.05, 4.69) is 31.0 Å². The Morgan fingerprint density at radius 1 is 0.816 bits per heavy atom. The fraction of sp³-hybridized carbons (Fsp3) is 0.794. The number of nitrogens with zero attached hydrogens (tertiary/aromatic N) is 3. The average molecular weight is 524 g/mol. The van der Waals surface area contributed by atoms with Crippen molar-refractivity contribution < 1.29 is 4.79 Å². The quantitative estimate of drug-likeness (QED) is 0.402. The van der Waals surface area contributed by atoms with E-state index in [1.807, 2.05) is 65.8 Å². The van der Waals surface area contributed by atoms with Crippen molar-refractivity contribution in [2.45, 2.75) is 127 Å². The zero-order valence-electron chi connectivity index (χ0n) is 26.1. The molecule has 4 saturated carbocycles. The van der Waals surface area contributed by atoms with Crippen LogP contribution in [0.15, 0.2) is 24.3 Å². The van der Waals surface area contributed by atoms with Crippen molar-refractivity contribution in [1.82, 2.24) is 15.0 Å². The third-order valence-corrected chi connectivity index (χ3v) is 10.9. The minimum Gasteiger partial charge on any atom is -0.297 e. The fourth-order valence-corrected chi connectivity index (χ4v) is 9.23. The summed E-state index contributed by atoms with van der Waals surface area (Å²) in [6, 6.07) is 7.90. The highest BCUT2D eigenvalue weighted by molar-refractivity contribution is 5.82. The lowest BCUT2D eigenvalue weighted by Crippen LogP contribution is -2.53. The molecule has 0 amide bonds. The van der Waals surface area contributed by atoms with Crippen LogP contribution in [0.3, 0.4) is 0 Å². The number of rotatable bonds is 3. The highest BCUT2D eigenvalue weighted by atomic mass is 16.1. The van der Waals surface area contributed by atoms with Crippen LogP contribution in [0.1, 0.15) is 120 Å². The van der Waals surface area contributed by atoms with E-state index in [4.69, 9.17) is 0 Å². The topological polar surface area (TPSA) is 47.8 Å². The number of fused-ring (bicyclic) bond motifs is 6. The van der Waals surface area contributed by atoms with E-state index >= 15 is 0 Å². The van der Waals surface area contributed by atoms with Gasteiger partial charge in [-0.15, -0.1) is 0 Å². The number of Topliss-reactive ketones (excluding diaryl/α,β-unsaturated/α-hetero) is 1. The first-order valence-electron chi connectivity index (χ1n) is 16.2. The molecule has 4 aliphatic carbocycles. The van der Waals surface area contributed by atoms with Crippen LogP contribution >= 0.6 is 0 Å². The van der Waals surface area contributed by atoms with Crippen molar-refractivity contribution in [3.8, 4) is 0 Å². The molecule has 6 unspecified atom stereocenters. The Labute approximate surface area is 233 Å². The van der Waals surface area contributed by atoms with Gasteiger partial charge in [0.1, 0.15) is 17.6 Å². The molecular formula is C34H57N3O. The van der Waals surface area contributed by atoms with Crippen molar-refractivity contribution in [3.05, 3.63) is 24.3 Å². The lowest BCUT2D eigenvalue weighted by Gasteiger charge is -2.61. The van der Waals surface area contributed by atoms with Crippen LogP contribution in [0.4, 0.5) is 0 Å². The minimum atomic E-state index is 0.177. The number of benzene rings is 1. The predicted octanol–water partition coefficient (Wildman–Crippen LogP) is 9.37. The van der Waals surface area contributed by atoms with Crippen LogP contribution in [0.5, 0.6) is 0 Å². The summed E-state index contributed by atoms with van der Waals surface area (Å²) in [5.41, 5.74) is 2.49. The molecule has 0 bridgehead atoms. The van der Waals surface area contributed by atoms with Crippen LogP contribution in [0, 0.1) is 46.3 Å². The monoisotopic (exact) mass is 523 g/mol. The molecule has 1 aromatic carbocycles. The third kappa shape index (κ3) is 5.48. The van der Waals surface area contributed by atoms with E-state index in [1.54, 1.807) is 4.80 Å². The van der Waals surface area contributed by atoms with Gasteiger partial charge in [0.2, 0.25) is 0 Å². The number of carbonyl (C=O) groups excluding carboxylic acids is 1. The lowest BCUT2D eigenvalue weighted by atomic mass is 9.44. The van der Waals surface area contributed by atoms with E-state index in [0.717, 1.165) is 47.0 Å². The van der Waals surface area contributed by atoms with E-state index in [9.17, 15) is 4.79 Å². The third-order valence-electron chi connectivity index (χ3n) is 10.9. The number of hydrogen-bond donors (Lipinski definition) is 0. The molecule has 8 atom stereocenters. The first-order valence-corrected chi connectivity index (χ1v) is 16.2. The fourth-order valence-electron chi connectivity index (χ4n) is 9.23. The average Bonchev–Trinajstić information content (AvgIpc) is 3.52. The van der Waals surface area contributed by atoms with Gasteiger partial charge >= 0.3 is 0 Å². The Bertz CT molecular complexity index is 997. The van der Waals surface area contributed by atoms with Crippen molar-refractivity contribution in [3.63, 3.8) is 0 Å². The molecule has 4 aliphatic rings. The summed E-state index contributed by atoms with van der Waals surface area (Å²) in [6.45, 7) is 19.9. The Morgan fingerprint density at radius 3 is 2.03 bits per heavy atom. The van der Waals surface area contributed by atoms with Crippen LogP contribution in [0.2, 0.25) is 0 Å². The molecule has 2 aromatic rings. The van der Waals surface area contributed by atoms with Gasteiger partial charge in [-0.25, -0.2) is 0 Å². The molecule has 0 N–H and O–H groups in total. The minimum absolute atomic E-state index is 0.177. The van der Waals surface area contributed by atoms with Gasteiger partial charge < -0.3 is 0 Å². The highest BCUT2D eigenvalue weighted by Gasteiger charge is 2.60. The molecule has 214 valence electrons. The highest BCUT2D eigenvalue weighted by Crippen LogP contribution is 2.67. The number of hydrogen-bond acceptors (Lipinski definition) is 3. The Balaban J connectivity index is 0.000000625. The first kappa shape index (κ1) is 30.8. The smallest absolute Gasteiger partial charge is 0.159 e. The molecule has 4 heteroatoms. The van der Waals surface area contributed by atoms with Gasteiger partial charge in [-0.05, 0) is 104 Å². The van der Waals surface area contributed by atoms with Gasteiger partial charge in [-0.2, -0.15) is 15.0 Å². The maximum atomic E-state index is 13.5. The maximum absolute atomic E-state index is 13.5. The van der Waals surface area contributed by atoms with Crippen LogP contribution in [-0.4, -0.2) is 20.8 Å². The van der Waals surface area contributed by atoms with Gasteiger partial charge in [0.05, 0.1) is 0 Å². The molecule has 0 saturated heterocycles. The van der Waals surface area contributed by atoms with Crippen molar-refractivity contribution in [2.75, 3.05) is 0 Å². The predicted molar refractivity (Wildman–Crippen MR) is 161 cm³/mol. The summed E-state index contributed by atoms with van der Waals surface area (Å²) >= 11 is 0. The van der Waals surface area contributed by atoms with Gasteiger partial charge in [0.25, 0.3) is 0 Å². The van der Waals surface area contributed by atoms with Gasteiger partial charge in [-0.1, -0.05) is 80.9 Å². The van der Waals surface area contributed by atoms with Gasteiger partial charge in [0, 0.05) is 5.92 Å². The zero-order chi connectivity index (χ0) is 28.1. The van der Waals surface area contributed by atoms with Crippen LogP contribution in [-0.2, 0) is 11.3 Å². The second kappa shape index (κ2) is 13.1. The Hall–Kier alpha value is -1.71. The maximum Gasteiger partial charge on any atom is 0.159 e. The Morgan fingerprint density at radius 2 is 1.39 bits per heavy atom. The standard InChI is InChI=1S/C28H39N3O.3C2H6/c1-18-12-14-27(2)19(16-18)8-9-20-21-10-11-23(28(21,3)15-13-22(20)27)26(32)17-31-29-24-6-4-5-7-25(24)30-31;3*1-2/h4-7,18-23H,8-17H2,1-3H3;3*1-2H3/t18-,19?,20?,21?,22?,23+,27?,28?;;;/m0.../s1. The molecular weight excluding hydrogens is 466 g/mol. The SMILES string of the molecule is CC.CC.CC.C[C@H]1CCC2(C)C(CCC3C2CCC2(C)C3CC[C@@H]2C(=O)Cn2nc3ccccc3n2)C1. The second-order valence-electron chi connectivity index (χ2n) is 12.4. The van der Waals surface area contributed by atoms with E-state index in [-0.39, 0.29) is 11.3 Å². The lowest BCUT2D eigenvalue weighted by molar-refractivity contribution is -0.137.